The minimum absolute atomic E-state index is 0.287. The summed E-state index contributed by atoms with van der Waals surface area (Å²) in [5, 5.41) is 0. The fraction of sp³-hybridized carbons (Fsp3) is 0.538. The molecule has 0 bridgehead atoms. The van der Waals surface area contributed by atoms with Crippen molar-refractivity contribution in [1.29, 1.82) is 0 Å². The first kappa shape index (κ1) is 17.2. The second-order valence-electron chi connectivity index (χ2n) is 4.31. The molecule has 1 N–H and O–H groups in total. The van der Waals surface area contributed by atoms with Gasteiger partial charge in [0.2, 0.25) is 0 Å². The molecule has 1 aromatic carbocycles. The fourth-order valence-electron chi connectivity index (χ4n) is 1.91. The predicted molar refractivity (Wildman–Crippen MR) is 70.7 cm³/mol. The molecule has 0 aromatic heterocycles. The SMILES string of the molecule is CCO[Si](O)(CCCc1cc(F)c(F)c(F)c1)OCC. The first-order chi connectivity index (χ1) is 9.41. The van der Waals surface area contributed by atoms with Crippen LogP contribution in [0.5, 0.6) is 0 Å². The Labute approximate surface area is 117 Å². The Bertz CT molecular complexity index is 414. The van der Waals surface area contributed by atoms with Crippen LogP contribution >= 0.6 is 0 Å². The topological polar surface area (TPSA) is 38.7 Å². The van der Waals surface area contributed by atoms with Crippen molar-refractivity contribution in [2.24, 2.45) is 0 Å². The molecule has 20 heavy (non-hydrogen) atoms. The summed E-state index contributed by atoms with van der Waals surface area (Å²) in [7, 11) is -3.20. The van der Waals surface area contributed by atoms with E-state index in [1.807, 2.05) is 0 Å². The molecule has 0 unspecified atom stereocenters. The van der Waals surface area contributed by atoms with E-state index in [9.17, 15) is 18.0 Å². The maximum absolute atomic E-state index is 13.0. The summed E-state index contributed by atoms with van der Waals surface area (Å²) in [6, 6.07) is 2.20. The van der Waals surface area contributed by atoms with Gasteiger partial charge in [-0.15, -0.1) is 0 Å². The molecule has 3 nitrogen and oxygen atoms in total. The van der Waals surface area contributed by atoms with Crippen LogP contribution in [0, 0.1) is 17.5 Å². The lowest BCUT2D eigenvalue weighted by atomic mass is 10.1. The maximum Gasteiger partial charge on any atom is 0.498 e. The normalized spacial score (nSPS) is 11.9. The molecule has 0 spiro atoms. The minimum atomic E-state index is -3.20. The summed E-state index contributed by atoms with van der Waals surface area (Å²) in [6.45, 7) is 4.18. The third kappa shape index (κ3) is 4.90. The summed E-state index contributed by atoms with van der Waals surface area (Å²) >= 11 is 0. The van der Waals surface area contributed by atoms with Crippen molar-refractivity contribution < 1.29 is 26.8 Å². The Balaban J connectivity index is 2.59. The molecule has 0 radical (unpaired) electrons. The van der Waals surface area contributed by atoms with Crippen LogP contribution in [0.1, 0.15) is 25.8 Å². The molecule has 1 aromatic rings. The molecular weight excluding hydrogens is 289 g/mol. The Morgan fingerprint density at radius 3 is 2.00 bits per heavy atom. The van der Waals surface area contributed by atoms with Gasteiger partial charge in [0.1, 0.15) is 0 Å². The average molecular weight is 308 g/mol. The monoisotopic (exact) mass is 308 g/mol. The van der Waals surface area contributed by atoms with Crippen molar-refractivity contribution in [3.05, 3.63) is 35.1 Å². The number of hydrogen-bond donors (Lipinski definition) is 1. The van der Waals surface area contributed by atoms with Crippen LogP contribution in [0.15, 0.2) is 12.1 Å². The molecule has 0 aliphatic heterocycles. The van der Waals surface area contributed by atoms with Crippen LogP contribution in [0.25, 0.3) is 0 Å². The van der Waals surface area contributed by atoms with Gasteiger partial charge < -0.3 is 13.6 Å². The van der Waals surface area contributed by atoms with Gasteiger partial charge in [-0.3, -0.25) is 0 Å². The van der Waals surface area contributed by atoms with E-state index in [2.05, 4.69) is 0 Å². The van der Waals surface area contributed by atoms with Gasteiger partial charge in [0.25, 0.3) is 0 Å². The van der Waals surface area contributed by atoms with Gasteiger partial charge in [0.15, 0.2) is 17.5 Å². The highest BCUT2D eigenvalue weighted by Gasteiger charge is 2.35. The lowest BCUT2D eigenvalue weighted by Crippen LogP contribution is -2.42. The molecule has 1 rings (SSSR count). The maximum atomic E-state index is 13.0. The van der Waals surface area contributed by atoms with Crippen molar-refractivity contribution in [3.8, 4) is 0 Å². The van der Waals surface area contributed by atoms with Gasteiger partial charge in [-0.25, -0.2) is 13.2 Å². The van der Waals surface area contributed by atoms with E-state index in [4.69, 9.17) is 8.85 Å². The highest BCUT2D eigenvalue weighted by Crippen LogP contribution is 2.18. The molecule has 0 aliphatic carbocycles. The molecule has 0 fully saturated rings. The fourth-order valence-corrected chi connectivity index (χ4v) is 3.80. The molecule has 0 atom stereocenters. The molecule has 0 aliphatic rings. The Hall–Kier alpha value is -0.893. The molecule has 114 valence electrons. The van der Waals surface area contributed by atoms with Crippen molar-refractivity contribution in [2.75, 3.05) is 13.2 Å². The third-order valence-corrected chi connectivity index (χ3v) is 5.21. The molecule has 0 saturated carbocycles. The van der Waals surface area contributed by atoms with Crippen molar-refractivity contribution in [3.63, 3.8) is 0 Å². The number of rotatable bonds is 8. The molecule has 7 heteroatoms. The number of halogens is 3. The van der Waals surface area contributed by atoms with Gasteiger partial charge >= 0.3 is 8.80 Å². The second kappa shape index (κ2) is 7.77. The average Bonchev–Trinajstić information content (AvgIpc) is 2.36. The van der Waals surface area contributed by atoms with E-state index < -0.39 is 26.3 Å². The highest BCUT2D eigenvalue weighted by atomic mass is 28.4. The van der Waals surface area contributed by atoms with Gasteiger partial charge in [0.05, 0.1) is 0 Å². The number of hydrogen-bond acceptors (Lipinski definition) is 3. The molecular formula is C13H19F3O3Si. The van der Waals surface area contributed by atoms with Crippen molar-refractivity contribution >= 4 is 8.80 Å². The number of benzene rings is 1. The Morgan fingerprint density at radius 2 is 1.55 bits per heavy atom. The van der Waals surface area contributed by atoms with Crippen LogP contribution < -0.4 is 0 Å². The summed E-state index contributed by atoms with van der Waals surface area (Å²) in [5.74, 6) is -3.88. The van der Waals surface area contributed by atoms with E-state index in [-0.39, 0.29) is 6.04 Å². The zero-order chi connectivity index (χ0) is 15.2. The van der Waals surface area contributed by atoms with Crippen LogP contribution in [0.2, 0.25) is 6.04 Å². The number of aryl methyl sites for hydroxylation is 1. The Morgan fingerprint density at radius 1 is 1.05 bits per heavy atom. The highest BCUT2D eigenvalue weighted by molar-refractivity contribution is 6.59. The first-order valence-corrected chi connectivity index (χ1v) is 8.52. The minimum Gasteiger partial charge on any atom is -0.390 e. The largest absolute Gasteiger partial charge is 0.498 e. The standard InChI is InChI=1S/C13H19F3O3Si/c1-3-18-20(17,19-4-2)7-5-6-10-8-11(14)13(16)12(15)9-10/h8-9,17H,3-7H2,1-2H3. The lowest BCUT2D eigenvalue weighted by molar-refractivity contribution is 0.108. The van der Waals surface area contributed by atoms with Crippen molar-refractivity contribution in [1.82, 2.24) is 0 Å². The van der Waals surface area contributed by atoms with E-state index in [0.717, 1.165) is 12.1 Å². The smallest absolute Gasteiger partial charge is 0.390 e. The molecule has 0 saturated heterocycles. The van der Waals surface area contributed by atoms with E-state index in [1.165, 1.54) is 0 Å². The zero-order valence-electron chi connectivity index (χ0n) is 11.6. The summed E-state index contributed by atoms with van der Waals surface area (Å²) in [5.41, 5.74) is 0.339. The van der Waals surface area contributed by atoms with Gasteiger partial charge in [-0.05, 0) is 44.4 Å². The predicted octanol–water partition coefficient (Wildman–Crippen LogP) is 3.04. The van der Waals surface area contributed by atoms with Gasteiger partial charge in [0, 0.05) is 19.3 Å². The van der Waals surface area contributed by atoms with Gasteiger partial charge in [-0.1, -0.05) is 0 Å². The van der Waals surface area contributed by atoms with Crippen LogP contribution in [0.4, 0.5) is 13.2 Å². The summed E-state index contributed by atoms with van der Waals surface area (Å²) in [4.78, 5) is 10.1. The lowest BCUT2D eigenvalue weighted by Gasteiger charge is -2.22. The summed E-state index contributed by atoms with van der Waals surface area (Å²) < 4.78 is 49.4. The molecule has 0 heterocycles. The Kier molecular flexibility index (Phi) is 6.67. The first-order valence-electron chi connectivity index (χ1n) is 6.55. The van der Waals surface area contributed by atoms with E-state index in [1.54, 1.807) is 13.8 Å². The molecule has 0 amide bonds. The van der Waals surface area contributed by atoms with E-state index in [0.29, 0.717) is 31.6 Å². The zero-order valence-corrected chi connectivity index (χ0v) is 12.6. The van der Waals surface area contributed by atoms with Crippen LogP contribution in [-0.4, -0.2) is 26.8 Å². The van der Waals surface area contributed by atoms with Crippen LogP contribution in [0.3, 0.4) is 0 Å². The summed E-state index contributed by atoms with van der Waals surface area (Å²) in [6.07, 6.45) is 0.747. The quantitative estimate of drug-likeness (QED) is 0.592. The second-order valence-corrected chi connectivity index (χ2v) is 6.81. The van der Waals surface area contributed by atoms with Crippen molar-refractivity contribution in [2.45, 2.75) is 32.7 Å². The third-order valence-electron chi connectivity index (χ3n) is 2.74. The van der Waals surface area contributed by atoms with E-state index >= 15 is 0 Å². The van der Waals surface area contributed by atoms with Gasteiger partial charge in [-0.2, -0.15) is 0 Å². The van der Waals surface area contributed by atoms with Crippen LogP contribution in [-0.2, 0) is 15.3 Å².